The summed E-state index contributed by atoms with van der Waals surface area (Å²) in [5.74, 6) is 1.23. The fraction of sp³-hybridized carbons (Fsp3) is 0.318. The first-order valence-electron chi connectivity index (χ1n) is 10.3. The molecular formula is C22H25N5O4S. The van der Waals surface area contributed by atoms with Crippen molar-refractivity contribution < 1.29 is 14.5 Å². The van der Waals surface area contributed by atoms with E-state index in [1.54, 1.807) is 6.07 Å². The monoisotopic (exact) mass is 455 g/mol. The lowest BCUT2D eigenvalue weighted by Gasteiger charge is -2.16. The van der Waals surface area contributed by atoms with Crippen LogP contribution in [-0.2, 0) is 17.8 Å². The summed E-state index contributed by atoms with van der Waals surface area (Å²) in [5.41, 5.74) is 1.53. The number of benzene rings is 2. The molecule has 168 valence electrons. The van der Waals surface area contributed by atoms with Crippen LogP contribution in [-0.4, -0.2) is 31.3 Å². The molecule has 0 bridgehead atoms. The Morgan fingerprint density at radius 3 is 2.62 bits per heavy atom. The first-order valence-corrected chi connectivity index (χ1v) is 11.3. The SMILES string of the molecule is CCc1ccc(OC(C)c2nnc(SCC(=O)Nc3cccc([N+](=O)[O-])c3)n2CC)cc1. The number of hydrogen-bond donors (Lipinski definition) is 1. The Morgan fingerprint density at radius 1 is 1.22 bits per heavy atom. The van der Waals surface area contributed by atoms with E-state index in [4.69, 9.17) is 4.74 Å². The molecule has 0 spiro atoms. The number of rotatable bonds is 10. The molecule has 1 unspecified atom stereocenters. The first-order chi connectivity index (χ1) is 15.4. The Labute approximate surface area is 190 Å². The Bertz CT molecular complexity index is 1080. The molecule has 10 heteroatoms. The number of anilines is 1. The molecule has 1 N–H and O–H groups in total. The van der Waals surface area contributed by atoms with Crippen molar-refractivity contribution in [3.8, 4) is 5.75 Å². The molecule has 0 aliphatic rings. The van der Waals surface area contributed by atoms with Crippen LogP contribution in [0.25, 0.3) is 0 Å². The van der Waals surface area contributed by atoms with E-state index >= 15 is 0 Å². The average molecular weight is 456 g/mol. The quantitative estimate of drug-likeness (QED) is 0.269. The lowest BCUT2D eigenvalue weighted by Crippen LogP contribution is -2.15. The third-order valence-corrected chi connectivity index (χ3v) is 5.71. The van der Waals surface area contributed by atoms with Crippen molar-refractivity contribution >= 4 is 29.0 Å². The van der Waals surface area contributed by atoms with Gasteiger partial charge in [0.15, 0.2) is 17.1 Å². The van der Waals surface area contributed by atoms with Crippen LogP contribution in [0.2, 0.25) is 0 Å². The summed E-state index contributed by atoms with van der Waals surface area (Å²) in [6.45, 7) is 6.61. The summed E-state index contributed by atoms with van der Waals surface area (Å²) in [4.78, 5) is 22.7. The van der Waals surface area contributed by atoms with Gasteiger partial charge in [-0.1, -0.05) is 36.9 Å². The largest absolute Gasteiger partial charge is 0.483 e. The van der Waals surface area contributed by atoms with E-state index in [0.717, 1.165) is 12.2 Å². The summed E-state index contributed by atoms with van der Waals surface area (Å²) in [6.07, 6.45) is 0.651. The minimum absolute atomic E-state index is 0.0795. The number of aromatic nitrogens is 3. The van der Waals surface area contributed by atoms with Gasteiger partial charge in [-0.3, -0.25) is 14.9 Å². The van der Waals surface area contributed by atoms with E-state index in [2.05, 4.69) is 22.4 Å². The number of nitro benzene ring substituents is 1. The van der Waals surface area contributed by atoms with Gasteiger partial charge in [-0.25, -0.2) is 0 Å². The molecule has 0 saturated heterocycles. The fourth-order valence-electron chi connectivity index (χ4n) is 3.09. The third-order valence-electron chi connectivity index (χ3n) is 4.74. The number of carbonyl (C=O) groups excluding carboxylic acids is 1. The van der Waals surface area contributed by atoms with Gasteiger partial charge in [0.25, 0.3) is 5.69 Å². The lowest BCUT2D eigenvalue weighted by atomic mass is 10.2. The molecule has 0 aliphatic heterocycles. The minimum Gasteiger partial charge on any atom is -0.483 e. The molecule has 0 fully saturated rings. The van der Waals surface area contributed by atoms with Gasteiger partial charge in [-0.05, 0) is 44.0 Å². The second-order valence-electron chi connectivity index (χ2n) is 6.99. The molecule has 1 aromatic heterocycles. The number of amides is 1. The highest BCUT2D eigenvalue weighted by atomic mass is 32.2. The molecular weight excluding hydrogens is 430 g/mol. The van der Waals surface area contributed by atoms with Gasteiger partial charge >= 0.3 is 0 Å². The van der Waals surface area contributed by atoms with Gasteiger partial charge in [0.05, 0.1) is 10.7 Å². The number of carbonyl (C=O) groups is 1. The summed E-state index contributed by atoms with van der Waals surface area (Å²) in [7, 11) is 0. The molecule has 1 amide bonds. The van der Waals surface area contributed by atoms with Crippen molar-refractivity contribution in [2.24, 2.45) is 0 Å². The van der Waals surface area contributed by atoms with Crippen LogP contribution >= 0.6 is 11.8 Å². The maximum Gasteiger partial charge on any atom is 0.271 e. The van der Waals surface area contributed by atoms with Crippen LogP contribution < -0.4 is 10.1 Å². The van der Waals surface area contributed by atoms with Gasteiger partial charge in [-0.2, -0.15) is 0 Å². The predicted octanol–water partition coefficient (Wildman–Crippen LogP) is 4.64. The topological polar surface area (TPSA) is 112 Å². The number of nitrogens with one attached hydrogen (secondary N) is 1. The molecule has 0 radical (unpaired) electrons. The van der Waals surface area contributed by atoms with Gasteiger partial charge < -0.3 is 14.6 Å². The number of hydrogen-bond acceptors (Lipinski definition) is 7. The number of aryl methyl sites for hydroxylation is 1. The average Bonchev–Trinajstić information content (AvgIpc) is 3.21. The molecule has 9 nitrogen and oxygen atoms in total. The molecule has 0 saturated carbocycles. The van der Waals surface area contributed by atoms with Gasteiger partial charge in [0.1, 0.15) is 5.75 Å². The van der Waals surface area contributed by atoms with Gasteiger partial charge in [0, 0.05) is 24.4 Å². The Kier molecular flexibility index (Phi) is 7.82. The standard InChI is InChI=1S/C22H25N5O4S/c1-4-16-9-11-19(12-10-16)31-15(3)21-24-25-22(26(21)5-2)32-14-20(28)23-17-7-6-8-18(13-17)27(29)30/h6-13,15H,4-5,14H2,1-3H3,(H,23,28). The van der Waals surface area contributed by atoms with Crippen molar-refractivity contribution in [2.75, 3.05) is 11.1 Å². The summed E-state index contributed by atoms with van der Waals surface area (Å²) in [6, 6.07) is 13.8. The number of ether oxygens (including phenoxy) is 1. The highest BCUT2D eigenvalue weighted by molar-refractivity contribution is 7.99. The molecule has 1 heterocycles. The van der Waals surface area contributed by atoms with Crippen LogP contribution in [0, 0.1) is 10.1 Å². The smallest absolute Gasteiger partial charge is 0.271 e. The summed E-state index contributed by atoms with van der Waals surface area (Å²) < 4.78 is 7.94. The van der Waals surface area contributed by atoms with Crippen LogP contribution in [0.1, 0.15) is 38.3 Å². The third kappa shape index (κ3) is 5.85. The maximum atomic E-state index is 12.3. The second kappa shape index (κ2) is 10.8. The van der Waals surface area contributed by atoms with Crippen molar-refractivity contribution in [1.29, 1.82) is 0 Å². The van der Waals surface area contributed by atoms with Crippen molar-refractivity contribution in [2.45, 2.75) is 45.0 Å². The van der Waals surface area contributed by atoms with Crippen molar-refractivity contribution in [1.82, 2.24) is 14.8 Å². The predicted molar refractivity (Wildman–Crippen MR) is 123 cm³/mol. The molecule has 3 rings (SSSR count). The summed E-state index contributed by atoms with van der Waals surface area (Å²) in [5, 5.41) is 22.6. The highest BCUT2D eigenvalue weighted by Crippen LogP contribution is 2.25. The molecule has 1 atom stereocenters. The fourth-order valence-corrected chi connectivity index (χ4v) is 3.90. The van der Waals surface area contributed by atoms with Crippen LogP contribution in [0.3, 0.4) is 0 Å². The highest BCUT2D eigenvalue weighted by Gasteiger charge is 2.19. The normalized spacial score (nSPS) is 11.7. The Balaban J connectivity index is 1.62. The molecule has 2 aromatic carbocycles. The Hall–Kier alpha value is -3.40. The van der Waals surface area contributed by atoms with Crippen LogP contribution in [0.4, 0.5) is 11.4 Å². The molecule has 32 heavy (non-hydrogen) atoms. The van der Waals surface area contributed by atoms with E-state index in [-0.39, 0.29) is 23.5 Å². The maximum absolute atomic E-state index is 12.3. The zero-order valence-electron chi connectivity index (χ0n) is 18.1. The Morgan fingerprint density at radius 2 is 1.97 bits per heavy atom. The zero-order valence-corrected chi connectivity index (χ0v) is 19.0. The molecule has 3 aromatic rings. The lowest BCUT2D eigenvalue weighted by molar-refractivity contribution is -0.384. The number of non-ortho nitro benzene ring substituents is 1. The summed E-state index contributed by atoms with van der Waals surface area (Å²) >= 11 is 1.25. The van der Waals surface area contributed by atoms with Crippen LogP contribution in [0.15, 0.2) is 53.7 Å². The van der Waals surface area contributed by atoms with E-state index in [9.17, 15) is 14.9 Å². The first kappa shape index (κ1) is 23.3. The zero-order chi connectivity index (χ0) is 23.1. The van der Waals surface area contributed by atoms with Gasteiger partial charge in [-0.15, -0.1) is 10.2 Å². The van der Waals surface area contributed by atoms with E-state index in [1.165, 1.54) is 35.5 Å². The number of nitrogens with zero attached hydrogens (tertiary/aromatic N) is 4. The van der Waals surface area contributed by atoms with Crippen molar-refractivity contribution in [3.63, 3.8) is 0 Å². The van der Waals surface area contributed by atoms with Crippen LogP contribution in [0.5, 0.6) is 5.75 Å². The second-order valence-corrected chi connectivity index (χ2v) is 7.93. The van der Waals surface area contributed by atoms with Gasteiger partial charge in [0.2, 0.25) is 5.91 Å². The molecule has 0 aliphatic carbocycles. The minimum atomic E-state index is -0.503. The van der Waals surface area contributed by atoms with Crippen molar-refractivity contribution in [3.05, 3.63) is 70.0 Å². The van der Waals surface area contributed by atoms with E-state index in [0.29, 0.717) is 23.2 Å². The van der Waals surface area contributed by atoms with E-state index in [1.807, 2.05) is 42.7 Å². The van der Waals surface area contributed by atoms with E-state index < -0.39 is 4.92 Å². The number of nitro groups is 1. The number of thioether (sulfide) groups is 1.